The summed E-state index contributed by atoms with van der Waals surface area (Å²) in [6.07, 6.45) is 2.42. The van der Waals surface area contributed by atoms with E-state index in [0.717, 1.165) is 18.7 Å². The van der Waals surface area contributed by atoms with Crippen LogP contribution in [0.4, 0.5) is 0 Å². The lowest BCUT2D eigenvalue weighted by Crippen LogP contribution is -2.35. The van der Waals surface area contributed by atoms with Crippen molar-refractivity contribution >= 4 is 5.91 Å². The lowest BCUT2D eigenvalue weighted by Gasteiger charge is -2.22. The first-order valence-electron chi connectivity index (χ1n) is 8.24. The van der Waals surface area contributed by atoms with Gasteiger partial charge in [-0.05, 0) is 38.6 Å². The van der Waals surface area contributed by atoms with Crippen molar-refractivity contribution in [3.05, 3.63) is 35.9 Å². The van der Waals surface area contributed by atoms with Crippen LogP contribution >= 0.6 is 0 Å². The molecule has 1 saturated heterocycles. The number of allylic oxidation sites excluding steroid dienone is 1. The predicted molar refractivity (Wildman–Crippen MR) is 96.0 cm³/mol. The summed E-state index contributed by atoms with van der Waals surface area (Å²) in [7, 11) is 7.32. The standard InChI is InChI=1S/C19H28N2O3/c1-7-8-14-9-15(10-17(23-5)18(14)24-6)19(22)21-11-13(2)16(12-21)20(3)4/h7,9-10,13,16H,1,8,11-12H2,2-6H3/t13-,16-/m1/s1. The van der Waals surface area contributed by atoms with Crippen LogP contribution in [0.3, 0.4) is 0 Å². The Morgan fingerprint density at radius 1 is 1.33 bits per heavy atom. The van der Waals surface area contributed by atoms with E-state index in [1.807, 2.05) is 11.0 Å². The van der Waals surface area contributed by atoms with E-state index in [1.54, 1.807) is 26.4 Å². The highest BCUT2D eigenvalue weighted by Crippen LogP contribution is 2.34. The Morgan fingerprint density at radius 3 is 2.54 bits per heavy atom. The van der Waals surface area contributed by atoms with E-state index < -0.39 is 0 Å². The quantitative estimate of drug-likeness (QED) is 0.751. The third-order valence-corrected chi connectivity index (χ3v) is 4.69. The minimum atomic E-state index is 0.0393. The summed E-state index contributed by atoms with van der Waals surface area (Å²) in [6.45, 7) is 7.49. The monoisotopic (exact) mass is 332 g/mol. The van der Waals surface area contributed by atoms with Gasteiger partial charge in [-0.2, -0.15) is 0 Å². The molecule has 0 bridgehead atoms. The van der Waals surface area contributed by atoms with Gasteiger partial charge < -0.3 is 19.3 Å². The molecule has 0 spiro atoms. The van der Waals surface area contributed by atoms with Crippen LogP contribution in [0.15, 0.2) is 24.8 Å². The average Bonchev–Trinajstić information content (AvgIpc) is 2.95. The maximum Gasteiger partial charge on any atom is 0.254 e. The van der Waals surface area contributed by atoms with Gasteiger partial charge >= 0.3 is 0 Å². The van der Waals surface area contributed by atoms with Gasteiger partial charge in [0.1, 0.15) is 0 Å². The van der Waals surface area contributed by atoms with Crippen molar-refractivity contribution in [1.29, 1.82) is 0 Å². The third kappa shape index (κ3) is 3.56. The van der Waals surface area contributed by atoms with Gasteiger partial charge in [-0.3, -0.25) is 4.79 Å². The highest BCUT2D eigenvalue weighted by atomic mass is 16.5. The Hall–Kier alpha value is -2.01. The fraction of sp³-hybridized carbons (Fsp3) is 0.526. The van der Waals surface area contributed by atoms with Crippen LogP contribution in [0.25, 0.3) is 0 Å². The summed E-state index contributed by atoms with van der Waals surface area (Å²) < 4.78 is 10.9. The number of carbonyl (C=O) groups excluding carboxylic acids is 1. The van der Waals surface area contributed by atoms with E-state index >= 15 is 0 Å². The molecule has 2 rings (SSSR count). The number of hydrogen-bond acceptors (Lipinski definition) is 4. The van der Waals surface area contributed by atoms with Crippen molar-refractivity contribution in [2.45, 2.75) is 19.4 Å². The van der Waals surface area contributed by atoms with Crippen molar-refractivity contribution in [2.75, 3.05) is 41.4 Å². The molecule has 24 heavy (non-hydrogen) atoms. The van der Waals surface area contributed by atoms with Crippen LogP contribution in [-0.2, 0) is 6.42 Å². The minimum Gasteiger partial charge on any atom is -0.493 e. The van der Waals surface area contributed by atoms with Crippen molar-refractivity contribution in [2.24, 2.45) is 5.92 Å². The molecule has 1 fully saturated rings. The van der Waals surface area contributed by atoms with E-state index in [1.165, 1.54) is 0 Å². The summed E-state index contributed by atoms with van der Waals surface area (Å²) in [5.74, 6) is 1.74. The molecule has 1 aliphatic heterocycles. The largest absolute Gasteiger partial charge is 0.493 e. The lowest BCUT2D eigenvalue weighted by atomic mass is 10.0. The van der Waals surface area contributed by atoms with Gasteiger partial charge in [0.25, 0.3) is 5.91 Å². The number of ether oxygens (including phenoxy) is 2. The lowest BCUT2D eigenvalue weighted by molar-refractivity contribution is 0.0781. The van der Waals surface area contributed by atoms with Gasteiger partial charge in [0.05, 0.1) is 14.2 Å². The fourth-order valence-corrected chi connectivity index (χ4v) is 3.44. The summed E-state index contributed by atoms with van der Waals surface area (Å²) >= 11 is 0. The first-order chi connectivity index (χ1) is 11.4. The molecule has 2 atom stereocenters. The van der Waals surface area contributed by atoms with E-state index in [-0.39, 0.29) is 5.91 Å². The van der Waals surface area contributed by atoms with Crippen molar-refractivity contribution in [3.63, 3.8) is 0 Å². The summed E-state index contributed by atoms with van der Waals surface area (Å²) in [5.41, 5.74) is 1.54. The number of carbonyl (C=O) groups is 1. The number of amides is 1. The molecule has 1 aromatic rings. The Labute approximate surface area is 144 Å². The zero-order valence-corrected chi connectivity index (χ0v) is 15.3. The predicted octanol–water partition coefficient (Wildman–Crippen LogP) is 2.45. The Morgan fingerprint density at radius 2 is 2.04 bits per heavy atom. The van der Waals surface area contributed by atoms with Crippen LogP contribution in [0.5, 0.6) is 11.5 Å². The highest BCUT2D eigenvalue weighted by molar-refractivity contribution is 5.95. The molecule has 0 saturated carbocycles. The maximum atomic E-state index is 13.0. The molecule has 0 unspecified atom stereocenters. The first kappa shape index (κ1) is 18.3. The Kier molecular flexibility index (Phi) is 5.89. The molecule has 1 heterocycles. The number of benzene rings is 1. The normalized spacial score (nSPS) is 20.3. The number of likely N-dealkylation sites (tertiary alicyclic amines) is 1. The van der Waals surface area contributed by atoms with Gasteiger partial charge in [0.15, 0.2) is 11.5 Å². The average molecular weight is 332 g/mol. The van der Waals surface area contributed by atoms with Crippen LogP contribution in [0.1, 0.15) is 22.8 Å². The Bertz CT molecular complexity index is 613. The minimum absolute atomic E-state index is 0.0393. The number of rotatable bonds is 6. The molecule has 0 N–H and O–H groups in total. The topological polar surface area (TPSA) is 42.0 Å². The first-order valence-corrected chi connectivity index (χ1v) is 8.24. The number of nitrogens with zero attached hydrogens (tertiary/aromatic N) is 2. The maximum absolute atomic E-state index is 13.0. The van der Waals surface area contributed by atoms with E-state index in [0.29, 0.717) is 35.4 Å². The number of likely N-dealkylation sites (N-methyl/N-ethyl adjacent to an activating group) is 1. The van der Waals surface area contributed by atoms with Crippen LogP contribution in [0, 0.1) is 5.92 Å². The molecule has 0 aromatic heterocycles. The van der Waals surface area contributed by atoms with E-state index in [2.05, 4.69) is 32.5 Å². The molecule has 5 heteroatoms. The van der Waals surface area contributed by atoms with Crippen molar-refractivity contribution in [3.8, 4) is 11.5 Å². The fourth-order valence-electron chi connectivity index (χ4n) is 3.44. The molecule has 0 radical (unpaired) electrons. The molecular formula is C19H28N2O3. The Balaban J connectivity index is 2.33. The molecule has 1 aliphatic rings. The molecule has 1 amide bonds. The van der Waals surface area contributed by atoms with Gasteiger partial charge in [-0.1, -0.05) is 13.0 Å². The second-order valence-electron chi connectivity index (χ2n) is 6.58. The second-order valence-corrected chi connectivity index (χ2v) is 6.58. The van der Waals surface area contributed by atoms with Gasteiger partial charge in [0.2, 0.25) is 0 Å². The van der Waals surface area contributed by atoms with Crippen molar-refractivity contribution in [1.82, 2.24) is 9.80 Å². The van der Waals surface area contributed by atoms with Crippen LogP contribution in [-0.4, -0.2) is 63.2 Å². The number of hydrogen-bond donors (Lipinski definition) is 0. The molecule has 132 valence electrons. The van der Waals surface area contributed by atoms with E-state index in [9.17, 15) is 4.79 Å². The summed E-state index contributed by atoms with van der Waals surface area (Å²) in [5, 5.41) is 0. The molecule has 1 aromatic carbocycles. The highest BCUT2D eigenvalue weighted by Gasteiger charge is 2.34. The van der Waals surface area contributed by atoms with Crippen LogP contribution < -0.4 is 9.47 Å². The third-order valence-electron chi connectivity index (χ3n) is 4.69. The van der Waals surface area contributed by atoms with Gasteiger partial charge in [-0.25, -0.2) is 0 Å². The summed E-state index contributed by atoms with van der Waals surface area (Å²) in [6, 6.07) is 4.04. The molecule has 5 nitrogen and oxygen atoms in total. The smallest absolute Gasteiger partial charge is 0.254 e. The van der Waals surface area contributed by atoms with Crippen molar-refractivity contribution < 1.29 is 14.3 Å². The van der Waals surface area contributed by atoms with Gasteiger partial charge in [-0.15, -0.1) is 6.58 Å². The zero-order valence-electron chi connectivity index (χ0n) is 15.3. The van der Waals surface area contributed by atoms with E-state index in [4.69, 9.17) is 9.47 Å². The summed E-state index contributed by atoms with van der Waals surface area (Å²) in [4.78, 5) is 17.1. The SMILES string of the molecule is C=CCc1cc(C(=O)N2C[C@@H](C)[C@H](N(C)C)C2)cc(OC)c1OC. The zero-order chi connectivity index (χ0) is 17.9. The van der Waals surface area contributed by atoms with Gasteiger partial charge in [0, 0.05) is 30.3 Å². The molecular weight excluding hydrogens is 304 g/mol. The second kappa shape index (κ2) is 7.71. The van der Waals surface area contributed by atoms with Crippen LogP contribution in [0.2, 0.25) is 0 Å². The number of methoxy groups -OCH3 is 2. The molecule has 0 aliphatic carbocycles.